The highest BCUT2D eigenvalue weighted by atomic mass is 15.2. The molecule has 0 aromatic carbocycles. The summed E-state index contributed by atoms with van der Waals surface area (Å²) in [6.45, 7) is 13.7. The van der Waals surface area contributed by atoms with Gasteiger partial charge in [0, 0.05) is 6.54 Å². The second-order valence-corrected chi connectivity index (χ2v) is 6.32. The summed E-state index contributed by atoms with van der Waals surface area (Å²) in [5.41, 5.74) is 2.83. The van der Waals surface area contributed by atoms with Gasteiger partial charge in [-0.2, -0.15) is 10.4 Å². The van der Waals surface area contributed by atoms with E-state index in [4.69, 9.17) is 0 Å². The maximum absolute atomic E-state index is 9.42. The molecule has 4 nitrogen and oxygen atoms in total. The summed E-state index contributed by atoms with van der Waals surface area (Å²) < 4.78 is 0. The lowest BCUT2D eigenvalue weighted by Gasteiger charge is -2.27. The van der Waals surface area contributed by atoms with Crippen molar-refractivity contribution in [2.75, 3.05) is 11.9 Å². The molecule has 1 atom stereocenters. The van der Waals surface area contributed by atoms with Crippen LogP contribution in [0.1, 0.15) is 58.4 Å². The molecule has 0 aliphatic carbocycles. The van der Waals surface area contributed by atoms with Gasteiger partial charge in [0.25, 0.3) is 0 Å². The van der Waals surface area contributed by atoms with Crippen LogP contribution in [-0.4, -0.2) is 16.7 Å². The second kappa shape index (κ2) is 6.69. The van der Waals surface area contributed by atoms with Gasteiger partial charge in [0.1, 0.15) is 11.6 Å². The lowest BCUT2D eigenvalue weighted by atomic mass is 9.82. The number of nitrogens with zero attached hydrogens (tertiary/aromatic N) is 3. The quantitative estimate of drug-likeness (QED) is 0.891. The van der Waals surface area contributed by atoms with E-state index in [1.807, 2.05) is 6.92 Å². The zero-order valence-corrected chi connectivity index (χ0v) is 13.5. The van der Waals surface area contributed by atoms with Gasteiger partial charge in [0.05, 0.1) is 5.69 Å². The van der Waals surface area contributed by atoms with Gasteiger partial charge in [0.15, 0.2) is 5.82 Å². The van der Waals surface area contributed by atoms with Crippen LogP contribution < -0.4 is 5.32 Å². The SMILES string of the molecule is CCc1nnc(NCC(C)C(C)(C)C)c(C#N)c1CC. The zero-order chi connectivity index (χ0) is 15.3. The summed E-state index contributed by atoms with van der Waals surface area (Å²) in [5.74, 6) is 1.10. The van der Waals surface area contributed by atoms with E-state index < -0.39 is 0 Å². The maximum atomic E-state index is 9.42. The molecule has 0 spiro atoms. The van der Waals surface area contributed by atoms with Gasteiger partial charge < -0.3 is 5.32 Å². The number of rotatable bonds is 5. The first-order chi connectivity index (χ1) is 9.35. The molecule has 0 radical (unpaired) electrons. The molecule has 0 amide bonds. The molecular formula is C16H26N4. The summed E-state index contributed by atoms with van der Waals surface area (Å²) in [5, 5.41) is 21.2. The number of aryl methyl sites for hydroxylation is 1. The van der Waals surface area contributed by atoms with Crippen molar-refractivity contribution in [3.63, 3.8) is 0 Å². The van der Waals surface area contributed by atoms with Gasteiger partial charge in [0.2, 0.25) is 0 Å². The lowest BCUT2D eigenvalue weighted by Crippen LogP contribution is -2.25. The van der Waals surface area contributed by atoms with Crippen LogP contribution in [0.25, 0.3) is 0 Å². The van der Waals surface area contributed by atoms with E-state index >= 15 is 0 Å². The van der Waals surface area contributed by atoms with E-state index in [-0.39, 0.29) is 5.41 Å². The topological polar surface area (TPSA) is 61.6 Å². The number of anilines is 1. The molecule has 1 aromatic rings. The summed E-state index contributed by atoms with van der Waals surface area (Å²) in [6.07, 6.45) is 1.62. The molecule has 0 aliphatic heterocycles. The van der Waals surface area contributed by atoms with Crippen molar-refractivity contribution in [1.82, 2.24) is 10.2 Å². The van der Waals surface area contributed by atoms with Crippen molar-refractivity contribution in [3.8, 4) is 6.07 Å². The van der Waals surface area contributed by atoms with E-state index in [1.54, 1.807) is 0 Å². The number of hydrogen-bond donors (Lipinski definition) is 1. The summed E-state index contributed by atoms with van der Waals surface area (Å²) >= 11 is 0. The van der Waals surface area contributed by atoms with Gasteiger partial charge >= 0.3 is 0 Å². The van der Waals surface area contributed by atoms with E-state index in [9.17, 15) is 5.26 Å². The number of hydrogen-bond acceptors (Lipinski definition) is 4. The van der Waals surface area contributed by atoms with Crippen molar-refractivity contribution < 1.29 is 0 Å². The number of nitrogens with one attached hydrogen (secondary N) is 1. The Morgan fingerprint density at radius 2 is 1.85 bits per heavy atom. The largest absolute Gasteiger partial charge is 0.367 e. The molecule has 0 saturated heterocycles. The van der Waals surface area contributed by atoms with Crippen molar-refractivity contribution in [3.05, 3.63) is 16.8 Å². The van der Waals surface area contributed by atoms with E-state index in [0.29, 0.717) is 17.3 Å². The van der Waals surface area contributed by atoms with Crippen LogP contribution in [0.2, 0.25) is 0 Å². The van der Waals surface area contributed by atoms with Crippen molar-refractivity contribution in [1.29, 1.82) is 5.26 Å². The van der Waals surface area contributed by atoms with Crippen molar-refractivity contribution >= 4 is 5.82 Å². The Bertz CT molecular complexity index is 494. The molecule has 1 rings (SSSR count). The molecule has 0 bridgehead atoms. The predicted molar refractivity (Wildman–Crippen MR) is 82.6 cm³/mol. The normalized spacial score (nSPS) is 12.8. The third-order valence-corrected chi connectivity index (χ3v) is 4.01. The first-order valence-electron chi connectivity index (χ1n) is 7.37. The Morgan fingerprint density at radius 1 is 1.20 bits per heavy atom. The van der Waals surface area contributed by atoms with Crippen LogP contribution in [0.15, 0.2) is 0 Å². The molecule has 1 N–H and O–H groups in total. The smallest absolute Gasteiger partial charge is 0.166 e. The van der Waals surface area contributed by atoms with Crippen molar-refractivity contribution in [2.45, 2.75) is 54.4 Å². The highest BCUT2D eigenvalue weighted by Gasteiger charge is 2.21. The minimum atomic E-state index is 0.226. The molecule has 1 heterocycles. The van der Waals surface area contributed by atoms with Crippen LogP contribution in [0, 0.1) is 22.7 Å². The first-order valence-corrected chi connectivity index (χ1v) is 7.37. The number of aromatic nitrogens is 2. The third-order valence-electron chi connectivity index (χ3n) is 4.01. The fraction of sp³-hybridized carbons (Fsp3) is 0.688. The fourth-order valence-electron chi connectivity index (χ4n) is 1.97. The van der Waals surface area contributed by atoms with Gasteiger partial charge in [-0.25, -0.2) is 0 Å². The van der Waals surface area contributed by atoms with E-state index in [0.717, 1.165) is 30.6 Å². The predicted octanol–water partition coefficient (Wildman–Crippen LogP) is 3.57. The van der Waals surface area contributed by atoms with Crippen LogP contribution in [0.5, 0.6) is 0 Å². The first kappa shape index (κ1) is 16.4. The Labute approximate surface area is 122 Å². The minimum Gasteiger partial charge on any atom is -0.367 e. The Kier molecular flexibility index (Phi) is 5.50. The molecular weight excluding hydrogens is 248 g/mol. The summed E-state index contributed by atoms with van der Waals surface area (Å²) in [4.78, 5) is 0. The van der Waals surface area contributed by atoms with Crippen LogP contribution in [0.4, 0.5) is 5.82 Å². The second-order valence-electron chi connectivity index (χ2n) is 6.32. The van der Waals surface area contributed by atoms with Gasteiger partial charge in [-0.15, -0.1) is 5.10 Å². The Hall–Kier alpha value is -1.63. The van der Waals surface area contributed by atoms with Crippen molar-refractivity contribution in [2.24, 2.45) is 11.3 Å². The molecule has 20 heavy (non-hydrogen) atoms. The monoisotopic (exact) mass is 274 g/mol. The fourth-order valence-corrected chi connectivity index (χ4v) is 1.97. The van der Waals surface area contributed by atoms with Crippen LogP contribution >= 0.6 is 0 Å². The molecule has 4 heteroatoms. The summed E-state index contributed by atoms with van der Waals surface area (Å²) in [7, 11) is 0. The van der Waals surface area contributed by atoms with Gasteiger partial charge in [-0.05, 0) is 29.7 Å². The van der Waals surface area contributed by atoms with Gasteiger partial charge in [-0.1, -0.05) is 41.5 Å². The molecule has 0 fully saturated rings. The zero-order valence-electron chi connectivity index (χ0n) is 13.5. The van der Waals surface area contributed by atoms with Crippen LogP contribution in [0.3, 0.4) is 0 Å². The van der Waals surface area contributed by atoms with Gasteiger partial charge in [-0.3, -0.25) is 0 Å². The molecule has 0 saturated carbocycles. The lowest BCUT2D eigenvalue weighted by molar-refractivity contribution is 0.274. The molecule has 1 aromatic heterocycles. The Balaban J connectivity index is 3.00. The number of nitriles is 1. The third kappa shape index (κ3) is 3.69. The van der Waals surface area contributed by atoms with Crippen LogP contribution in [-0.2, 0) is 12.8 Å². The summed E-state index contributed by atoms with van der Waals surface area (Å²) in [6, 6.07) is 2.29. The minimum absolute atomic E-state index is 0.226. The van der Waals surface area contributed by atoms with E-state index in [1.165, 1.54) is 0 Å². The standard InChI is InChI=1S/C16H26N4/c1-7-12-13(9-17)15(20-19-14(12)8-2)18-10-11(3)16(4,5)6/h11H,7-8,10H2,1-6H3,(H,18,20). The highest BCUT2D eigenvalue weighted by Crippen LogP contribution is 2.26. The maximum Gasteiger partial charge on any atom is 0.166 e. The molecule has 1 unspecified atom stereocenters. The average Bonchev–Trinajstić information content (AvgIpc) is 2.42. The van der Waals surface area contributed by atoms with E-state index in [2.05, 4.69) is 56.2 Å². The highest BCUT2D eigenvalue weighted by molar-refractivity contribution is 5.56. The molecule has 110 valence electrons. The molecule has 0 aliphatic rings. The average molecular weight is 274 g/mol. The Morgan fingerprint density at radius 3 is 2.30 bits per heavy atom.